The predicted molar refractivity (Wildman–Crippen MR) is 129 cm³/mol. The van der Waals surface area contributed by atoms with Crippen molar-refractivity contribution in [1.82, 2.24) is 14.7 Å². The molecule has 3 amide bonds. The number of hydrogen-bond acceptors (Lipinski definition) is 5. The highest BCUT2D eigenvalue weighted by atomic mass is 19.1. The van der Waals surface area contributed by atoms with Gasteiger partial charge in [0.05, 0.1) is 13.7 Å². The molecular weight excluding hydrogens is 465 g/mol. The lowest BCUT2D eigenvalue weighted by molar-refractivity contribution is -0.136. The number of methoxy groups -OCH3 is 1. The summed E-state index contributed by atoms with van der Waals surface area (Å²) in [6.45, 7) is 2.20. The van der Waals surface area contributed by atoms with Crippen molar-refractivity contribution in [1.29, 1.82) is 0 Å². The van der Waals surface area contributed by atoms with Crippen molar-refractivity contribution < 1.29 is 28.2 Å². The molecule has 190 valence electrons. The van der Waals surface area contributed by atoms with Crippen LogP contribution < -0.4 is 4.74 Å². The van der Waals surface area contributed by atoms with E-state index in [0.29, 0.717) is 55.9 Å². The minimum absolute atomic E-state index is 0.105. The Labute approximate surface area is 209 Å². The van der Waals surface area contributed by atoms with Crippen LogP contribution in [0.1, 0.15) is 46.4 Å². The van der Waals surface area contributed by atoms with Gasteiger partial charge in [-0.3, -0.25) is 19.3 Å². The summed E-state index contributed by atoms with van der Waals surface area (Å²) in [5.41, 5.74) is -0.139. The van der Waals surface area contributed by atoms with E-state index in [1.165, 1.54) is 24.3 Å². The molecule has 0 aliphatic carbocycles. The number of carbonyl (C=O) groups excluding carboxylic acids is 3. The van der Waals surface area contributed by atoms with Crippen LogP contribution in [0.25, 0.3) is 0 Å². The summed E-state index contributed by atoms with van der Waals surface area (Å²) in [6, 6.07) is 11.6. The fourth-order valence-corrected chi connectivity index (χ4v) is 5.41. The second-order valence-corrected chi connectivity index (χ2v) is 9.51. The Kier molecular flexibility index (Phi) is 6.66. The summed E-state index contributed by atoms with van der Waals surface area (Å²) in [5, 5.41) is 0. The molecule has 3 heterocycles. The van der Waals surface area contributed by atoms with Gasteiger partial charge in [-0.2, -0.15) is 0 Å². The third-order valence-corrected chi connectivity index (χ3v) is 7.44. The van der Waals surface area contributed by atoms with Gasteiger partial charge in [-0.15, -0.1) is 0 Å². The van der Waals surface area contributed by atoms with Gasteiger partial charge in [-0.25, -0.2) is 4.39 Å². The largest absolute Gasteiger partial charge is 0.497 e. The number of piperidine rings is 1. The third kappa shape index (κ3) is 4.43. The first-order valence-corrected chi connectivity index (χ1v) is 12.4. The number of carbonyl (C=O) groups is 3. The third-order valence-electron chi connectivity index (χ3n) is 7.44. The van der Waals surface area contributed by atoms with E-state index < -0.39 is 17.6 Å². The standard InChI is InChI=1S/C27H30FN3O5/c1-35-22-10-6-19(7-11-22)24(32)30-16-12-27(13-17-30)31(25(33)20-4-8-21(28)9-5-20)23(18-36-27)26(34)29-14-2-3-15-29/h4-11,23H,2-3,12-18H2,1H3/t23-/m1/s1. The highest BCUT2D eigenvalue weighted by molar-refractivity contribution is 5.98. The average molecular weight is 496 g/mol. The molecule has 0 bridgehead atoms. The van der Waals surface area contributed by atoms with E-state index in [0.717, 1.165) is 12.8 Å². The second kappa shape index (κ2) is 9.89. The smallest absolute Gasteiger partial charge is 0.256 e. The maximum atomic E-state index is 13.7. The highest BCUT2D eigenvalue weighted by Gasteiger charge is 2.55. The van der Waals surface area contributed by atoms with E-state index in [1.807, 2.05) is 0 Å². The van der Waals surface area contributed by atoms with E-state index in [-0.39, 0.29) is 24.3 Å². The Hall–Kier alpha value is -3.46. The van der Waals surface area contributed by atoms with Crippen LogP contribution in [-0.2, 0) is 9.53 Å². The zero-order valence-corrected chi connectivity index (χ0v) is 20.3. The molecule has 2 aromatic rings. The van der Waals surface area contributed by atoms with Gasteiger partial charge in [0.25, 0.3) is 11.8 Å². The molecule has 2 aromatic carbocycles. The minimum atomic E-state index is -0.998. The summed E-state index contributed by atoms with van der Waals surface area (Å²) in [6.07, 6.45) is 2.65. The van der Waals surface area contributed by atoms with Gasteiger partial charge in [0, 0.05) is 50.1 Å². The Morgan fingerprint density at radius 3 is 2.06 bits per heavy atom. The molecule has 3 aliphatic rings. The van der Waals surface area contributed by atoms with Crippen molar-refractivity contribution in [2.75, 3.05) is 39.9 Å². The molecule has 0 aromatic heterocycles. The highest BCUT2D eigenvalue weighted by Crippen LogP contribution is 2.39. The molecule has 0 radical (unpaired) electrons. The van der Waals surface area contributed by atoms with Gasteiger partial charge in [0.2, 0.25) is 5.91 Å². The summed E-state index contributed by atoms with van der Waals surface area (Å²) in [4.78, 5) is 45.3. The molecule has 8 nitrogen and oxygen atoms in total. The topological polar surface area (TPSA) is 79.4 Å². The van der Waals surface area contributed by atoms with Gasteiger partial charge < -0.3 is 19.3 Å². The molecule has 3 saturated heterocycles. The number of benzene rings is 2. The average Bonchev–Trinajstić information content (AvgIpc) is 3.58. The van der Waals surface area contributed by atoms with Crippen LogP contribution >= 0.6 is 0 Å². The predicted octanol–water partition coefficient (Wildman–Crippen LogP) is 2.93. The molecule has 5 rings (SSSR count). The van der Waals surface area contributed by atoms with Crippen LogP contribution in [-0.4, -0.2) is 84.1 Å². The Morgan fingerprint density at radius 1 is 0.861 bits per heavy atom. The molecular formula is C27H30FN3O5. The summed E-state index contributed by atoms with van der Waals surface area (Å²) in [7, 11) is 1.57. The van der Waals surface area contributed by atoms with Gasteiger partial charge in [0.1, 0.15) is 23.3 Å². The van der Waals surface area contributed by atoms with Gasteiger partial charge in [-0.05, 0) is 61.4 Å². The number of rotatable bonds is 4. The number of likely N-dealkylation sites (tertiary alicyclic amines) is 2. The number of ether oxygens (including phenoxy) is 2. The van der Waals surface area contributed by atoms with Crippen LogP contribution in [0.15, 0.2) is 48.5 Å². The van der Waals surface area contributed by atoms with Crippen molar-refractivity contribution in [2.45, 2.75) is 37.5 Å². The monoisotopic (exact) mass is 495 g/mol. The van der Waals surface area contributed by atoms with E-state index in [2.05, 4.69) is 0 Å². The molecule has 9 heteroatoms. The van der Waals surface area contributed by atoms with E-state index in [9.17, 15) is 18.8 Å². The number of amides is 3. The molecule has 1 atom stereocenters. The number of nitrogens with zero attached hydrogens (tertiary/aromatic N) is 3. The first kappa shape index (κ1) is 24.2. The number of hydrogen-bond donors (Lipinski definition) is 0. The summed E-state index contributed by atoms with van der Waals surface area (Å²) in [5.74, 6) is -0.343. The molecule has 1 spiro atoms. The van der Waals surface area contributed by atoms with Crippen LogP contribution in [0.3, 0.4) is 0 Å². The normalized spacial score (nSPS) is 21.2. The van der Waals surface area contributed by atoms with Crippen molar-refractivity contribution in [3.63, 3.8) is 0 Å². The maximum Gasteiger partial charge on any atom is 0.256 e. The van der Waals surface area contributed by atoms with Gasteiger partial charge in [-0.1, -0.05) is 0 Å². The van der Waals surface area contributed by atoms with E-state index in [4.69, 9.17) is 9.47 Å². The van der Waals surface area contributed by atoms with Crippen LogP contribution in [0.4, 0.5) is 4.39 Å². The molecule has 0 saturated carbocycles. The summed E-state index contributed by atoms with van der Waals surface area (Å²) >= 11 is 0. The van der Waals surface area contributed by atoms with Crippen molar-refractivity contribution in [3.8, 4) is 5.75 Å². The minimum Gasteiger partial charge on any atom is -0.497 e. The molecule has 36 heavy (non-hydrogen) atoms. The molecule has 3 fully saturated rings. The number of halogens is 1. The Bertz CT molecular complexity index is 1120. The van der Waals surface area contributed by atoms with Crippen LogP contribution in [0, 0.1) is 5.82 Å². The summed E-state index contributed by atoms with van der Waals surface area (Å²) < 4.78 is 24.9. The second-order valence-electron chi connectivity index (χ2n) is 9.51. The Balaban J connectivity index is 1.37. The fourth-order valence-electron chi connectivity index (χ4n) is 5.41. The molecule has 0 unspecified atom stereocenters. The van der Waals surface area contributed by atoms with Gasteiger partial charge >= 0.3 is 0 Å². The van der Waals surface area contributed by atoms with Crippen LogP contribution in [0.2, 0.25) is 0 Å². The SMILES string of the molecule is COc1ccc(C(=O)N2CCC3(CC2)OC[C@H](C(=O)N2CCCC2)N3C(=O)c2ccc(F)cc2)cc1. The van der Waals surface area contributed by atoms with Crippen molar-refractivity contribution in [2.24, 2.45) is 0 Å². The van der Waals surface area contributed by atoms with E-state index >= 15 is 0 Å². The van der Waals surface area contributed by atoms with Crippen molar-refractivity contribution >= 4 is 17.7 Å². The van der Waals surface area contributed by atoms with E-state index in [1.54, 1.807) is 46.1 Å². The molecule has 0 N–H and O–H groups in total. The van der Waals surface area contributed by atoms with Gasteiger partial charge in [0.15, 0.2) is 0 Å². The maximum absolute atomic E-state index is 13.7. The fraction of sp³-hybridized carbons (Fsp3) is 0.444. The van der Waals surface area contributed by atoms with Crippen LogP contribution in [0.5, 0.6) is 5.75 Å². The zero-order valence-electron chi connectivity index (χ0n) is 20.3. The zero-order chi connectivity index (χ0) is 25.3. The lowest BCUT2D eigenvalue weighted by Gasteiger charge is -2.44. The molecule has 3 aliphatic heterocycles. The Morgan fingerprint density at radius 2 is 1.44 bits per heavy atom. The quantitative estimate of drug-likeness (QED) is 0.652. The first-order chi connectivity index (χ1) is 17.4. The van der Waals surface area contributed by atoms with Crippen molar-refractivity contribution in [3.05, 3.63) is 65.5 Å². The lowest BCUT2D eigenvalue weighted by atomic mass is 9.96. The lowest BCUT2D eigenvalue weighted by Crippen LogP contribution is -2.60. The first-order valence-electron chi connectivity index (χ1n) is 12.4.